The lowest BCUT2D eigenvalue weighted by Gasteiger charge is -2.37. The summed E-state index contributed by atoms with van der Waals surface area (Å²) in [5.41, 5.74) is 8.14. The molecular formula is C44H66N2O2+2. The molecule has 0 radical (unpaired) electrons. The molecule has 3 atom stereocenters. The van der Waals surface area contributed by atoms with Crippen LogP contribution < -0.4 is 9.47 Å². The monoisotopic (exact) mass is 655 g/mol. The minimum atomic E-state index is -1.00. The summed E-state index contributed by atoms with van der Waals surface area (Å²) in [4.78, 5) is 0. The highest BCUT2D eigenvalue weighted by atomic mass is 16.7. The van der Waals surface area contributed by atoms with Gasteiger partial charge in [0.15, 0.2) is 23.9 Å². The highest BCUT2D eigenvalue weighted by Crippen LogP contribution is 2.50. The maximum Gasteiger partial charge on any atom is 0.704 e. The number of rotatable bonds is 11. The van der Waals surface area contributed by atoms with Crippen molar-refractivity contribution in [3.63, 3.8) is 0 Å². The Bertz CT molecular complexity index is 1550. The van der Waals surface area contributed by atoms with Gasteiger partial charge in [-0.15, -0.1) is 0 Å². The molecule has 3 heterocycles. The number of hydrogen-bond acceptors (Lipinski definition) is 2. The van der Waals surface area contributed by atoms with E-state index < -0.39 is 6.03 Å². The van der Waals surface area contributed by atoms with Crippen molar-refractivity contribution in [2.45, 2.75) is 193 Å². The van der Waals surface area contributed by atoms with Crippen LogP contribution in [0.5, 0.6) is 11.5 Å². The number of ether oxygens (including phenoxy) is 2. The summed E-state index contributed by atoms with van der Waals surface area (Å²) in [6.45, 7) is 23.3. The largest absolute Gasteiger partial charge is 0.704 e. The zero-order valence-corrected chi connectivity index (χ0v) is 32.2. The van der Waals surface area contributed by atoms with Crippen molar-refractivity contribution in [3.8, 4) is 11.5 Å². The third-order valence-corrected chi connectivity index (χ3v) is 12.1. The Morgan fingerprint density at radius 2 is 1.15 bits per heavy atom. The van der Waals surface area contributed by atoms with Crippen molar-refractivity contribution >= 4 is 12.4 Å². The van der Waals surface area contributed by atoms with E-state index in [0.717, 1.165) is 24.3 Å². The SMILES string of the molecule is CCCCC(CCCC)(CCCC)c1cc2c(c(CC)c1)OC13Oc4c(cc(C(C)(C)C)cc4C(C)(C)C)C=[N+]1C1CCCCC1[N+]3=C2. The van der Waals surface area contributed by atoms with Crippen LogP contribution >= 0.6 is 0 Å². The van der Waals surface area contributed by atoms with Crippen LogP contribution in [-0.4, -0.2) is 39.7 Å². The average Bonchev–Trinajstić information content (AvgIpc) is 3.32. The molecule has 4 nitrogen and oxygen atoms in total. The molecule has 4 heteroatoms. The first kappa shape index (κ1) is 35.2. The van der Waals surface area contributed by atoms with Crippen LogP contribution in [0.2, 0.25) is 0 Å². The van der Waals surface area contributed by atoms with Gasteiger partial charge in [-0.2, -0.15) is 0 Å². The van der Waals surface area contributed by atoms with E-state index in [0.29, 0.717) is 12.1 Å². The van der Waals surface area contributed by atoms with Crippen LogP contribution in [0.3, 0.4) is 0 Å². The Balaban J connectivity index is 1.55. The van der Waals surface area contributed by atoms with Gasteiger partial charge in [0.25, 0.3) is 0 Å². The summed E-state index contributed by atoms with van der Waals surface area (Å²) in [5, 5.41) is 0. The zero-order chi connectivity index (χ0) is 34.5. The van der Waals surface area contributed by atoms with Gasteiger partial charge in [0, 0.05) is 18.4 Å². The third-order valence-electron chi connectivity index (χ3n) is 12.1. The first-order chi connectivity index (χ1) is 22.8. The quantitative estimate of drug-likeness (QED) is 0.225. The van der Waals surface area contributed by atoms with Crippen LogP contribution in [0.1, 0.15) is 186 Å². The summed E-state index contributed by atoms with van der Waals surface area (Å²) in [5.74, 6) is 2.01. The molecule has 262 valence electrons. The van der Waals surface area contributed by atoms with Crippen LogP contribution in [0, 0.1) is 0 Å². The van der Waals surface area contributed by atoms with Gasteiger partial charge in [-0.05, 0) is 83.6 Å². The summed E-state index contributed by atoms with van der Waals surface area (Å²) in [7, 11) is 0. The molecule has 3 aliphatic heterocycles. The maximum atomic E-state index is 7.46. The summed E-state index contributed by atoms with van der Waals surface area (Å²) in [6, 6.07) is 9.58. The molecule has 1 saturated carbocycles. The van der Waals surface area contributed by atoms with E-state index in [1.54, 1.807) is 5.56 Å². The molecular weight excluding hydrogens is 588 g/mol. The number of fused-ring (bicyclic) bond motifs is 5. The van der Waals surface area contributed by atoms with Crippen molar-refractivity contribution in [1.82, 2.24) is 0 Å². The lowest BCUT2D eigenvalue weighted by atomic mass is 9.68. The van der Waals surface area contributed by atoms with Crippen LogP contribution in [0.25, 0.3) is 0 Å². The number of nitrogens with zero attached hydrogens (tertiary/aromatic N) is 2. The Morgan fingerprint density at radius 1 is 0.646 bits per heavy atom. The van der Waals surface area contributed by atoms with E-state index in [1.165, 1.54) is 105 Å². The van der Waals surface area contributed by atoms with E-state index in [9.17, 15) is 0 Å². The van der Waals surface area contributed by atoms with E-state index in [-0.39, 0.29) is 16.2 Å². The van der Waals surface area contributed by atoms with Crippen LogP contribution in [0.4, 0.5) is 0 Å². The Hall–Kier alpha value is -2.62. The molecule has 2 aromatic rings. The van der Waals surface area contributed by atoms with Gasteiger partial charge >= 0.3 is 6.03 Å². The van der Waals surface area contributed by atoms with Crippen molar-refractivity contribution in [1.29, 1.82) is 0 Å². The molecule has 0 aromatic heterocycles. The first-order valence-electron chi connectivity index (χ1n) is 19.8. The van der Waals surface area contributed by atoms with E-state index in [4.69, 9.17) is 9.47 Å². The van der Waals surface area contributed by atoms with Crippen molar-refractivity contribution in [2.24, 2.45) is 0 Å². The fraction of sp³-hybridized carbons (Fsp3) is 0.682. The second-order valence-electron chi connectivity index (χ2n) is 17.7. The van der Waals surface area contributed by atoms with E-state index in [1.807, 2.05) is 0 Å². The van der Waals surface area contributed by atoms with Crippen LogP contribution in [-0.2, 0) is 22.7 Å². The molecule has 1 spiro atoms. The predicted octanol–water partition coefficient (Wildman–Crippen LogP) is 10.9. The Morgan fingerprint density at radius 3 is 1.62 bits per heavy atom. The van der Waals surface area contributed by atoms with Gasteiger partial charge in [0.2, 0.25) is 12.1 Å². The zero-order valence-electron chi connectivity index (χ0n) is 32.2. The topological polar surface area (TPSA) is 24.5 Å². The fourth-order valence-electron chi connectivity index (χ4n) is 9.15. The molecule has 0 amide bonds. The molecule has 1 saturated heterocycles. The molecule has 0 N–H and O–H groups in total. The summed E-state index contributed by atoms with van der Waals surface area (Å²) < 4.78 is 19.9. The second kappa shape index (κ2) is 13.3. The maximum absolute atomic E-state index is 7.46. The Kier molecular flexibility index (Phi) is 9.72. The number of benzene rings is 2. The van der Waals surface area contributed by atoms with Gasteiger partial charge in [-0.3, -0.25) is 0 Å². The van der Waals surface area contributed by atoms with E-state index >= 15 is 0 Å². The van der Waals surface area contributed by atoms with Crippen molar-refractivity contribution < 1.29 is 18.6 Å². The lowest BCUT2D eigenvalue weighted by Crippen LogP contribution is -2.60. The molecule has 1 aliphatic carbocycles. The Labute approximate surface area is 293 Å². The second-order valence-corrected chi connectivity index (χ2v) is 17.7. The standard InChI is InChI=1S/C44H66N2O2/c1-11-15-22-43(23-16-12-2,24-17-13-3)35-25-31(14-4)39-32(27-35)29-45-37-20-18-19-21-38(37)46-30-33-26-34(41(5,6)7)28-36(42(8,9)10)40(33)48-44(45,46)47-39/h25-30,37-38H,11-24H2,1-10H3/q+2. The van der Waals surface area contributed by atoms with Gasteiger partial charge in [0.1, 0.15) is 0 Å². The smallest absolute Gasteiger partial charge is 0.340 e. The minimum absolute atomic E-state index is 0.0465. The van der Waals surface area contributed by atoms with E-state index in [2.05, 4.69) is 115 Å². The highest BCUT2D eigenvalue weighted by Gasteiger charge is 2.76. The lowest BCUT2D eigenvalue weighted by molar-refractivity contribution is -0.866. The minimum Gasteiger partial charge on any atom is -0.340 e. The molecule has 2 fully saturated rings. The average molecular weight is 655 g/mol. The molecule has 2 aromatic carbocycles. The number of unbranched alkanes of at least 4 members (excludes halogenated alkanes) is 3. The van der Waals surface area contributed by atoms with Gasteiger partial charge in [-0.1, -0.05) is 129 Å². The molecule has 48 heavy (non-hydrogen) atoms. The third kappa shape index (κ3) is 6.06. The summed E-state index contributed by atoms with van der Waals surface area (Å²) in [6.07, 6.45) is 22.1. The predicted molar refractivity (Wildman–Crippen MR) is 201 cm³/mol. The van der Waals surface area contributed by atoms with Gasteiger partial charge in [-0.25, -0.2) is 0 Å². The van der Waals surface area contributed by atoms with Crippen molar-refractivity contribution in [2.75, 3.05) is 0 Å². The molecule has 3 unspecified atom stereocenters. The molecule has 4 aliphatic rings. The molecule has 0 bridgehead atoms. The van der Waals surface area contributed by atoms with Gasteiger partial charge < -0.3 is 9.47 Å². The van der Waals surface area contributed by atoms with Gasteiger partial charge in [0.05, 0.1) is 11.1 Å². The van der Waals surface area contributed by atoms with Crippen molar-refractivity contribution in [3.05, 3.63) is 57.6 Å². The fourth-order valence-corrected chi connectivity index (χ4v) is 9.15. The van der Waals surface area contributed by atoms with Crippen LogP contribution in [0.15, 0.2) is 24.3 Å². The number of hydrogen-bond donors (Lipinski definition) is 0. The highest BCUT2D eigenvalue weighted by molar-refractivity contribution is 5.85. The first-order valence-corrected chi connectivity index (χ1v) is 19.8. The number of aryl methyl sites for hydroxylation is 1. The summed E-state index contributed by atoms with van der Waals surface area (Å²) >= 11 is 0. The normalized spacial score (nSPS) is 23.1. The molecule has 6 rings (SSSR count).